The summed E-state index contributed by atoms with van der Waals surface area (Å²) in [6.07, 6.45) is 0. The molecule has 0 aliphatic heterocycles. The molecule has 98 valence electrons. The number of carbonyl (C=O) groups is 1. The van der Waals surface area contributed by atoms with Crippen LogP contribution in [0.15, 0.2) is 40.9 Å². The highest BCUT2D eigenvalue weighted by Gasteiger charge is 2.09. The molecule has 19 heavy (non-hydrogen) atoms. The van der Waals surface area contributed by atoms with E-state index in [-0.39, 0.29) is 5.91 Å². The molecule has 1 amide bonds. The Hall–Kier alpha value is -1.75. The smallest absolute Gasteiger partial charge is 0.276 e. The maximum atomic E-state index is 12.0. The van der Waals surface area contributed by atoms with Gasteiger partial charge in [0.25, 0.3) is 5.91 Å². The highest BCUT2D eigenvalue weighted by molar-refractivity contribution is 9.10. The normalized spacial score (nSPS) is 10.5. The van der Waals surface area contributed by atoms with Gasteiger partial charge in [0.1, 0.15) is 0 Å². The van der Waals surface area contributed by atoms with Crippen molar-refractivity contribution in [2.75, 3.05) is 5.32 Å². The summed E-state index contributed by atoms with van der Waals surface area (Å²) in [6, 6.07) is 10.9. The standard InChI is InChI=1S/C14H14BrN3O/c1-9(2)12-6-7-13(18-17-12)14(19)16-11-5-3-4-10(15)8-11/h3-9H,1-2H3,(H,16,19). The predicted octanol–water partition coefficient (Wildman–Crippen LogP) is 3.61. The van der Waals surface area contributed by atoms with E-state index in [0.717, 1.165) is 10.2 Å². The first kappa shape index (κ1) is 13.7. The van der Waals surface area contributed by atoms with Crippen molar-refractivity contribution in [3.63, 3.8) is 0 Å². The van der Waals surface area contributed by atoms with E-state index < -0.39 is 0 Å². The lowest BCUT2D eigenvalue weighted by molar-refractivity contribution is 0.102. The highest BCUT2D eigenvalue weighted by atomic mass is 79.9. The lowest BCUT2D eigenvalue weighted by Crippen LogP contribution is -2.14. The Morgan fingerprint density at radius 1 is 1.21 bits per heavy atom. The average Bonchev–Trinajstić information content (AvgIpc) is 2.39. The molecular formula is C14H14BrN3O. The molecule has 0 saturated carbocycles. The summed E-state index contributed by atoms with van der Waals surface area (Å²) in [4.78, 5) is 12.0. The Morgan fingerprint density at radius 2 is 2.00 bits per heavy atom. The molecule has 1 N–H and O–H groups in total. The van der Waals surface area contributed by atoms with E-state index in [1.807, 2.05) is 44.2 Å². The SMILES string of the molecule is CC(C)c1ccc(C(=O)Nc2cccc(Br)c2)nn1. The van der Waals surface area contributed by atoms with Gasteiger partial charge in [0.05, 0.1) is 5.69 Å². The van der Waals surface area contributed by atoms with Crippen LogP contribution in [-0.2, 0) is 0 Å². The number of aromatic nitrogens is 2. The molecule has 0 aliphatic carbocycles. The van der Waals surface area contributed by atoms with Gasteiger partial charge in [-0.05, 0) is 36.2 Å². The second-order valence-corrected chi connectivity index (χ2v) is 5.38. The van der Waals surface area contributed by atoms with Gasteiger partial charge in [-0.15, -0.1) is 5.10 Å². The largest absolute Gasteiger partial charge is 0.321 e. The van der Waals surface area contributed by atoms with Gasteiger partial charge < -0.3 is 5.32 Å². The molecule has 0 bridgehead atoms. The number of amides is 1. The zero-order valence-corrected chi connectivity index (χ0v) is 12.3. The van der Waals surface area contributed by atoms with Crippen LogP contribution in [-0.4, -0.2) is 16.1 Å². The van der Waals surface area contributed by atoms with Crippen LogP contribution < -0.4 is 5.32 Å². The van der Waals surface area contributed by atoms with E-state index in [2.05, 4.69) is 31.4 Å². The molecular weight excluding hydrogens is 306 g/mol. The van der Waals surface area contributed by atoms with Gasteiger partial charge in [-0.3, -0.25) is 4.79 Å². The van der Waals surface area contributed by atoms with Crippen LogP contribution >= 0.6 is 15.9 Å². The van der Waals surface area contributed by atoms with Crippen molar-refractivity contribution in [2.24, 2.45) is 0 Å². The van der Waals surface area contributed by atoms with Crippen LogP contribution in [0.2, 0.25) is 0 Å². The lowest BCUT2D eigenvalue weighted by atomic mass is 10.1. The second kappa shape index (κ2) is 5.93. The Labute approximate surface area is 120 Å². The highest BCUT2D eigenvalue weighted by Crippen LogP contribution is 2.16. The minimum absolute atomic E-state index is 0.263. The van der Waals surface area contributed by atoms with E-state index in [1.165, 1.54) is 0 Å². The minimum Gasteiger partial charge on any atom is -0.321 e. The number of nitrogens with zero attached hydrogens (tertiary/aromatic N) is 2. The Morgan fingerprint density at radius 3 is 2.58 bits per heavy atom. The van der Waals surface area contributed by atoms with Gasteiger partial charge in [-0.25, -0.2) is 0 Å². The van der Waals surface area contributed by atoms with Crippen LogP contribution in [0.4, 0.5) is 5.69 Å². The third-order valence-corrected chi connectivity index (χ3v) is 3.09. The molecule has 0 unspecified atom stereocenters. The van der Waals surface area contributed by atoms with Crippen LogP contribution in [0, 0.1) is 0 Å². The molecule has 2 aromatic rings. The maximum absolute atomic E-state index is 12.0. The molecule has 0 saturated heterocycles. The summed E-state index contributed by atoms with van der Waals surface area (Å²) in [6.45, 7) is 4.07. The molecule has 1 aromatic carbocycles. The Balaban J connectivity index is 2.11. The summed E-state index contributed by atoms with van der Waals surface area (Å²) >= 11 is 3.35. The fourth-order valence-electron chi connectivity index (χ4n) is 1.53. The number of anilines is 1. The quantitative estimate of drug-likeness (QED) is 0.940. The van der Waals surface area contributed by atoms with Crippen molar-refractivity contribution in [2.45, 2.75) is 19.8 Å². The molecule has 0 spiro atoms. The average molecular weight is 320 g/mol. The molecule has 1 heterocycles. The lowest BCUT2D eigenvalue weighted by Gasteiger charge is -2.06. The summed E-state index contributed by atoms with van der Waals surface area (Å²) in [5.41, 5.74) is 1.90. The van der Waals surface area contributed by atoms with Crippen molar-refractivity contribution >= 4 is 27.5 Å². The van der Waals surface area contributed by atoms with Crippen LogP contribution in [0.25, 0.3) is 0 Å². The number of hydrogen-bond donors (Lipinski definition) is 1. The monoisotopic (exact) mass is 319 g/mol. The first-order valence-electron chi connectivity index (χ1n) is 5.97. The first-order chi connectivity index (χ1) is 9.06. The molecule has 5 heteroatoms. The fourth-order valence-corrected chi connectivity index (χ4v) is 1.93. The number of halogens is 1. The van der Waals surface area contributed by atoms with Gasteiger partial charge in [0, 0.05) is 10.2 Å². The van der Waals surface area contributed by atoms with Crippen molar-refractivity contribution in [1.82, 2.24) is 10.2 Å². The Kier molecular flexibility index (Phi) is 4.27. The second-order valence-electron chi connectivity index (χ2n) is 4.46. The van der Waals surface area contributed by atoms with Gasteiger partial charge in [-0.1, -0.05) is 35.8 Å². The zero-order valence-electron chi connectivity index (χ0n) is 10.7. The van der Waals surface area contributed by atoms with E-state index in [4.69, 9.17) is 0 Å². The van der Waals surface area contributed by atoms with Gasteiger partial charge in [0.2, 0.25) is 0 Å². The van der Waals surface area contributed by atoms with Crippen molar-refractivity contribution in [3.8, 4) is 0 Å². The molecule has 2 rings (SSSR count). The summed E-state index contributed by atoms with van der Waals surface area (Å²) in [5, 5.41) is 10.8. The molecule has 0 aliphatic rings. The Bertz CT molecular complexity index is 581. The van der Waals surface area contributed by atoms with E-state index in [0.29, 0.717) is 17.3 Å². The van der Waals surface area contributed by atoms with E-state index in [9.17, 15) is 4.79 Å². The summed E-state index contributed by atoms with van der Waals surface area (Å²) in [5.74, 6) is 0.0376. The molecule has 0 atom stereocenters. The zero-order chi connectivity index (χ0) is 13.8. The number of hydrogen-bond acceptors (Lipinski definition) is 3. The van der Waals surface area contributed by atoms with E-state index in [1.54, 1.807) is 6.07 Å². The van der Waals surface area contributed by atoms with Crippen molar-refractivity contribution in [1.29, 1.82) is 0 Å². The number of benzene rings is 1. The number of nitrogens with one attached hydrogen (secondary N) is 1. The maximum Gasteiger partial charge on any atom is 0.276 e. The van der Waals surface area contributed by atoms with Crippen LogP contribution in [0.3, 0.4) is 0 Å². The van der Waals surface area contributed by atoms with Gasteiger partial charge in [-0.2, -0.15) is 5.10 Å². The predicted molar refractivity (Wildman–Crippen MR) is 78.2 cm³/mol. The third-order valence-electron chi connectivity index (χ3n) is 2.59. The molecule has 1 aromatic heterocycles. The first-order valence-corrected chi connectivity index (χ1v) is 6.76. The van der Waals surface area contributed by atoms with Crippen molar-refractivity contribution < 1.29 is 4.79 Å². The summed E-state index contributed by atoms with van der Waals surface area (Å²) < 4.78 is 0.909. The van der Waals surface area contributed by atoms with Crippen LogP contribution in [0.5, 0.6) is 0 Å². The molecule has 4 nitrogen and oxygen atoms in total. The number of rotatable bonds is 3. The van der Waals surface area contributed by atoms with E-state index >= 15 is 0 Å². The van der Waals surface area contributed by atoms with Crippen molar-refractivity contribution in [3.05, 3.63) is 52.3 Å². The van der Waals surface area contributed by atoms with Gasteiger partial charge in [0.15, 0.2) is 5.69 Å². The molecule has 0 fully saturated rings. The summed E-state index contributed by atoms with van der Waals surface area (Å²) in [7, 11) is 0. The van der Waals surface area contributed by atoms with Crippen LogP contribution in [0.1, 0.15) is 35.9 Å². The third kappa shape index (κ3) is 3.61. The molecule has 0 radical (unpaired) electrons. The minimum atomic E-state index is -0.263. The fraction of sp³-hybridized carbons (Fsp3) is 0.214. The topological polar surface area (TPSA) is 54.9 Å². The van der Waals surface area contributed by atoms with Gasteiger partial charge >= 0.3 is 0 Å². The number of carbonyl (C=O) groups excluding carboxylic acids is 1.